The molecule has 3 rings (SSSR count). The maximum Gasteiger partial charge on any atom is 0.262 e. The fraction of sp³-hybridized carbons (Fsp3) is 0.353. The van der Waals surface area contributed by atoms with Crippen molar-refractivity contribution in [3.05, 3.63) is 42.2 Å². The number of carbonyl (C=O) groups is 1. The van der Waals surface area contributed by atoms with E-state index in [1.807, 2.05) is 31.2 Å². The predicted octanol–water partition coefficient (Wildman–Crippen LogP) is 2.40. The fourth-order valence-electron chi connectivity index (χ4n) is 2.45. The van der Waals surface area contributed by atoms with Crippen molar-refractivity contribution < 1.29 is 9.53 Å². The summed E-state index contributed by atoms with van der Waals surface area (Å²) < 4.78 is 5.44. The highest BCUT2D eigenvalue weighted by Gasteiger charge is 2.14. The number of hydrogen-bond acceptors (Lipinski definition) is 5. The van der Waals surface area contributed by atoms with Crippen molar-refractivity contribution in [1.82, 2.24) is 9.97 Å². The third kappa shape index (κ3) is 4.18. The maximum atomic E-state index is 11.9. The Morgan fingerprint density at radius 2 is 1.83 bits per heavy atom. The summed E-state index contributed by atoms with van der Waals surface area (Å²) in [5, 5.41) is 2.73. The summed E-state index contributed by atoms with van der Waals surface area (Å²) in [7, 11) is 0. The molecule has 1 aromatic heterocycles. The Morgan fingerprint density at radius 1 is 1.17 bits per heavy atom. The molecule has 1 aliphatic rings. The van der Waals surface area contributed by atoms with Crippen LogP contribution in [0.2, 0.25) is 0 Å². The molecule has 2 heterocycles. The largest absolute Gasteiger partial charge is 0.484 e. The number of rotatable bonds is 5. The lowest BCUT2D eigenvalue weighted by Crippen LogP contribution is -2.22. The number of ether oxygens (including phenoxy) is 1. The monoisotopic (exact) mass is 312 g/mol. The molecule has 0 radical (unpaired) electrons. The molecule has 0 unspecified atom stereocenters. The lowest BCUT2D eigenvalue weighted by molar-refractivity contribution is -0.118. The van der Waals surface area contributed by atoms with Crippen molar-refractivity contribution in [2.45, 2.75) is 19.8 Å². The van der Waals surface area contributed by atoms with Crippen molar-refractivity contribution in [2.75, 3.05) is 29.9 Å². The maximum absolute atomic E-state index is 11.9. The third-order valence-electron chi connectivity index (χ3n) is 3.70. The number of nitrogens with one attached hydrogen (secondary N) is 1. The van der Waals surface area contributed by atoms with Gasteiger partial charge in [-0.05, 0) is 31.9 Å². The molecular formula is C17H20N4O2. The summed E-state index contributed by atoms with van der Waals surface area (Å²) in [5.74, 6) is 1.16. The predicted molar refractivity (Wildman–Crippen MR) is 88.8 cm³/mol. The lowest BCUT2D eigenvalue weighted by atomic mass is 10.2. The first-order valence-electron chi connectivity index (χ1n) is 7.77. The van der Waals surface area contributed by atoms with E-state index in [9.17, 15) is 4.79 Å². The first-order valence-corrected chi connectivity index (χ1v) is 7.77. The van der Waals surface area contributed by atoms with Gasteiger partial charge in [-0.1, -0.05) is 17.7 Å². The van der Waals surface area contributed by atoms with E-state index >= 15 is 0 Å². The van der Waals surface area contributed by atoms with Gasteiger partial charge in [0.25, 0.3) is 5.91 Å². The minimum Gasteiger partial charge on any atom is -0.484 e. The van der Waals surface area contributed by atoms with Crippen molar-refractivity contribution >= 4 is 17.5 Å². The van der Waals surface area contributed by atoms with Crippen molar-refractivity contribution in [3.8, 4) is 5.75 Å². The molecule has 1 saturated heterocycles. The SMILES string of the molecule is Cc1ccc(OCC(=O)Nc2cnc(N3CCCC3)nc2)cc1. The van der Waals surface area contributed by atoms with Gasteiger partial charge in [0.1, 0.15) is 5.75 Å². The Hall–Kier alpha value is -2.63. The zero-order valence-corrected chi connectivity index (χ0v) is 13.2. The molecule has 2 aromatic rings. The fourth-order valence-corrected chi connectivity index (χ4v) is 2.45. The quantitative estimate of drug-likeness (QED) is 0.918. The second-order valence-electron chi connectivity index (χ2n) is 5.62. The van der Waals surface area contributed by atoms with Gasteiger partial charge >= 0.3 is 0 Å². The second kappa shape index (κ2) is 7.09. The molecule has 0 spiro atoms. The van der Waals surface area contributed by atoms with Crippen LogP contribution in [0.4, 0.5) is 11.6 Å². The molecule has 1 aliphatic heterocycles. The Morgan fingerprint density at radius 3 is 2.48 bits per heavy atom. The van der Waals surface area contributed by atoms with Crippen LogP contribution in [0.1, 0.15) is 18.4 Å². The molecule has 1 amide bonds. The van der Waals surface area contributed by atoms with Crippen LogP contribution in [-0.2, 0) is 4.79 Å². The van der Waals surface area contributed by atoms with Gasteiger partial charge in [0, 0.05) is 13.1 Å². The number of benzene rings is 1. The van der Waals surface area contributed by atoms with Gasteiger partial charge in [0.05, 0.1) is 18.1 Å². The highest BCUT2D eigenvalue weighted by atomic mass is 16.5. The highest BCUT2D eigenvalue weighted by Crippen LogP contribution is 2.16. The van der Waals surface area contributed by atoms with Gasteiger partial charge in [-0.15, -0.1) is 0 Å². The number of nitrogens with zero attached hydrogens (tertiary/aromatic N) is 3. The van der Waals surface area contributed by atoms with Crippen molar-refractivity contribution in [1.29, 1.82) is 0 Å². The van der Waals surface area contributed by atoms with Crippen LogP contribution in [0.5, 0.6) is 5.75 Å². The van der Waals surface area contributed by atoms with Crippen molar-refractivity contribution in [3.63, 3.8) is 0 Å². The second-order valence-corrected chi connectivity index (χ2v) is 5.62. The molecule has 1 N–H and O–H groups in total. The van der Waals surface area contributed by atoms with Crippen LogP contribution in [-0.4, -0.2) is 35.6 Å². The van der Waals surface area contributed by atoms with Crippen LogP contribution in [0.3, 0.4) is 0 Å². The minimum atomic E-state index is -0.233. The van der Waals surface area contributed by atoms with E-state index < -0.39 is 0 Å². The summed E-state index contributed by atoms with van der Waals surface area (Å²) in [6, 6.07) is 7.57. The summed E-state index contributed by atoms with van der Waals surface area (Å²) in [6.07, 6.45) is 5.62. The summed E-state index contributed by atoms with van der Waals surface area (Å²) in [5.41, 5.74) is 1.72. The van der Waals surface area contributed by atoms with Crippen molar-refractivity contribution in [2.24, 2.45) is 0 Å². The van der Waals surface area contributed by atoms with Gasteiger partial charge in [0.2, 0.25) is 5.95 Å². The van der Waals surface area contributed by atoms with E-state index in [-0.39, 0.29) is 12.5 Å². The number of aromatic nitrogens is 2. The summed E-state index contributed by atoms with van der Waals surface area (Å²) in [4.78, 5) is 22.6. The van der Waals surface area contributed by atoms with Crippen LogP contribution >= 0.6 is 0 Å². The van der Waals surface area contributed by atoms with Gasteiger partial charge in [-0.25, -0.2) is 9.97 Å². The molecule has 1 fully saturated rings. The molecule has 120 valence electrons. The van der Waals surface area contributed by atoms with Gasteiger partial charge in [-0.3, -0.25) is 4.79 Å². The first kappa shape index (κ1) is 15.3. The molecule has 0 aliphatic carbocycles. The smallest absolute Gasteiger partial charge is 0.262 e. The molecular weight excluding hydrogens is 292 g/mol. The number of carbonyl (C=O) groups excluding carboxylic acids is 1. The Labute approximate surface area is 135 Å². The number of aryl methyl sites for hydroxylation is 1. The van der Waals surface area contributed by atoms with Gasteiger partial charge in [0.15, 0.2) is 6.61 Å². The van der Waals surface area contributed by atoms with Crippen LogP contribution in [0, 0.1) is 6.92 Å². The molecule has 0 atom stereocenters. The van der Waals surface area contributed by atoms with Gasteiger partial charge in [-0.2, -0.15) is 0 Å². The van der Waals surface area contributed by atoms with Crippen LogP contribution < -0.4 is 15.0 Å². The van der Waals surface area contributed by atoms with E-state index in [0.29, 0.717) is 11.4 Å². The normalized spacial score (nSPS) is 13.9. The van der Waals surface area contributed by atoms with E-state index in [1.54, 1.807) is 12.4 Å². The van der Waals surface area contributed by atoms with E-state index in [4.69, 9.17) is 4.74 Å². The average molecular weight is 312 g/mol. The molecule has 0 bridgehead atoms. The average Bonchev–Trinajstić information content (AvgIpc) is 3.09. The summed E-state index contributed by atoms with van der Waals surface area (Å²) in [6.45, 7) is 3.95. The highest BCUT2D eigenvalue weighted by molar-refractivity contribution is 5.91. The zero-order chi connectivity index (χ0) is 16.1. The van der Waals surface area contributed by atoms with Crippen LogP contribution in [0.15, 0.2) is 36.7 Å². The Kier molecular flexibility index (Phi) is 4.71. The van der Waals surface area contributed by atoms with E-state index in [2.05, 4.69) is 20.2 Å². The summed E-state index contributed by atoms with van der Waals surface area (Å²) >= 11 is 0. The topological polar surface area (TPSA) is 67.3 Å². The first-order chi connectivity index (χ1) is 11.2. The van der Waals surface area contributed by atoms with E-state index in [0.717, 1.165) is 24.6 Å². The molecule has 6 heteroatoms. The molecule has 1 aromatic carbocycles. The molecule has 0 saturated carbocycles. The van der Waals surface area contributed by atoms with Gasteiger partial charge < -0.3 is 15.0 Å². The Balaban J connectivity index is 1.50. The van der Waals surface area contributed by atoms with E-state index in [1.165, 1.54) is 12.8 Å². The third-order valence-corrected chi connectivity index (χ3v) is 3.70. The number of amides is 1. The minimum absolute atomic E-state index is 0.0447. The number of hydrogen-bond donors (Lipinski definition) is 1. The number of anilines is 2. The zero-order valence-electron chi connectivity index (χ0n) is 13.2. The lowest BCUT2D eigenvalue weighted by Gasteiger charge is -2.14. The standard InChI is InChI=1S/C17H20N4O2/c1-13-4-6-15(7-5-13)23-12-16(22)20-14-10-18-17(19-11-14)21-8-2-3-9-21/h4-7,10-11H,2-3,8-9,12H2,1H3,(H,20,22). The molecule has 6 nitrogen and oxygen atoms in total. The Bertz CT molecular complexity index is 649. The van der Waals surface area contributed by atoms with Crippen LogP contribution in [0.25, 0.3) is 0 Å². The molecule has 23 heavy (non-hydrogen) atoms.